The zero-order valence-corrected chi connectivity index (χ0v) is 13.1. The van der Waals surface area contributed by atoms with Gasteiger partial charge in [0.05, 0.1) is 5.31 Å². The Labute approximate surface area is 106 Å². The Hall–Kier alpha value is 0.370. The molecular weight excluding hydrogens is 291 g/mol. The Kier molecular flexibility index (Phi) is 3.56. The molecule has 0 saturated carbocycles. The molecular formula is C11H20BrO3P. The first-order valence-electron chi connectivity index (χ1n) is 5.29. The predicted octanol–water partition coefficient (Wildman–Crippen LogP) is 4.27. The van der Waals surface area contributed by atoms with E-state index in [0.29, 0.717) is 5.31 Å². The summed E-state index contributed by atoms with van der Waals surface area (Å²) in [6.45, 7) is 11.7. The Morgan fingerprint density at radius 1 is 1.25 bits per heavy atom. The minimum absolute atomic E-state index is 0.204. The van der Waals surface area contributed by atoms with Crippen LogP contribution in [0.25, 0.3) is 0 Å². The molecule has 1 rings (SSSR count). The van der Waals surface area contributed by atoms with Crippen LogP contribution in [0.1, 0.15) is 41.5 Å². The van der Waals surface area contributed by atoms with Crippen molar-refractivity contribution in [2.24, 2.45) is 10.8 Å². The minimum atomic E-state index is -3.65. The van der Waals surface area contributed by atoms with Crippen LogP contribution in [0.2, 0.25) is 0 Å². The molecule has 0 fully saturated rings. The van der Waals surface area contributed by atoms with E-state index in [4.69, 9.17) is 4.52 Å². The van der Waals surface area contributed by atoms with Gasteiger partial charge in [-0.1, -0.05) is 57.5 Å². The van der Waals surface area contributed by atoms with Crippen molar-refractivity contribution in [3.63, 3.8) is 0 Å². The van der Waals surface area contributed by atoms with E-state index in [9.17, 15) is 9.46 Å². The summed E-state index contributed by atoms with van der Waals surface area (Å²) in [4.78, 5) is 9.94. The lowest BCUT2D eigenvalue weighted by molar-refractivity contribution is 0.123. The van der Waals surface area contributed by atoms with Gasteiger partial charge in [0, 0.05) is 4.48 Å². The molecule has 16 heavy (non-hydrogen) atoms. The van der Waals surface area contributed by atoms with Crippen LogP contribution >= 0.6 is 23.5 Å². The average Bonchev–Trinajstić information content (AvgIpc) is 2.17. The maximum atomic E-state index is 12.1. The topological polar surface area (TPSA) is 46.5 Å². The highest BCUT2D eigenvalue weighted by atomic mass is 79.9. The molecule has 1 aliphatic rings. The molecule has 1 N–H and O–H groups in total. The predicted molar refractivity (Wildman–Crippen MR) is 69.6 cm³/mol. The number of rotatable bonds is 0. The van der Waals surface area contributed by atoms with Gasteiger partial charge in [-0.05, 0) is 10.8 Å². The second kappa shape index (κ2) is 3.94. The SMILES string of the molecule is CC(C)(C)C1=C(Br)C(C(C)(C)C)OP1(=O)O. The van der Waals surface area contributed by atoms with Crippen molar-refractivity contribution in [3.8, 4) is 0 Å². The average molecular weight is 311 g/mol. The van der Waals surface area contributed by atoms with E-state index in [0.717, 1.165) is 4.48 Å². The van der Waals surface area contributed by atoms with E-state index in [1.165, 1.54) is 0 Å². The molecule has 0 spiro atoms. The summed E-state index contributed by atoms with van der Waals surface area (Å²) in [7, 11) is -3.65. The highest BCUT2D eigenvalue weighted by Gasteiger charge is 2.49. The molecule has 0 amide bonds. The minimum Gasteiger partial charge on any atom is -0.321 e. The highest BCUT2D eigenvalue weighted by molar-refractivity contribution is 9.11. The summed E-state index contributed by atoms with van der Waals surface area (Å²) in [5.41, 5.74) is -0.576. The van der Waals surface area contributed by atoms with Crippen molar-refractivity contribution >= 4 is 23.5 Å². The van der Waals surface area contributed by atoms with E-state index in [-0.39, 0.29) is 16.9 Å². The molecule has 0 radical (unpaired) electrons. The van der Waals surface area contributed by atoms with E-state index >= 15 is 0 Å². The third kappa shape index (κ3) is 2.61. The Balaban J connectivity index is 3.32. The van der Waals surface area contributed by atoms with Crippen LogP contribution in [-0.2, 0) is 9.09 Å². The van der Waals surface area contributed by atoms with Gasteiger partial charge in [-0.25, -0.2) is 0 Å². The number of hydrogen-bond donors (Lipinski definition) is 1. The summed E-state index contributed by atoms with van der Waals surface area (Å²) >= 11 is 3.44. The van der Waals surface area contributed by atoms with E-state index in [1.54, 1.807) is 0 Å². The van der Waals surface area contributed by atoms with Crippen LogP contribution in [0, 0.1) is 10.8 Å². The maximum Gasteiger partial charge on any atom is 0.356 e. The lowest BCUT2D eigenvalue weighted by Gasteiger charge is -2.26. The molecule has 0 saturated heterocycles. The third-order valence-electron chi connectivity index (χ3n) is 2.48. The van der Waals surface area contributed by atoms with Crippen molar-refractivity contribution in [3.05, 3.63) is 9.80 Å². The van der Waals surface area contributed by atoms with Crippen LogP contribution in [-0.4, -0.2) is 11.0 Å². The molecule has 94 valence electrons. The van der Waals surface area contributed by atoms with Gasteiger partial charge in [0.1, 0.15) is 6.10 Å². The molecule has 2 atom stereocenters. The zero-order valence-electron chi connectivity index (χ0n) is 10.7. The standard InChI is InChI=1S/C11H20BrO3P/c1-10(2,3)8-7(12)9(11(4,5)6)16(13,14)15-8/h8H,1-6H3,(H,13,14). The molecule has 1 aliphatic heterocycles. The third-order valence-corrected chi connectivity index (χ3v) is 5.58. The van der Waals surface area contributed by atoms with Gasteiger partial charge >= 0.3 is 7.60 Å². The first kappa shape index (κ1) is 14.4. The summed E-state index contributed by atoms with van der Waals surface area (Å²) in [5, 5.41) is 0.500. The fraction of sp³-hybridized carbons (Fsp3) is 0.818. The van der Waals surface area contributed by atoms with Crippen LogP contribution in [0.4, 0.5) is 0 Å². The normalized spacial score (nSPS) is 32.4. The van der Waals surface area contributed by atoms with Crippen molar-refractivity contribution < 1.29 is 14.0 Å². The molecule has 0 bridgehead atoms. The van der Waals surface area contributed by atoms with Gasteiger partial charge in [-0.3, -0.25) is 9.09 Å². The highest BCUT2D eigenvalue weighted by Crippen LogP contribution is 2.67. The van der Waals surface area contributed by atoms with Crippen LogP contribution in [0.15, 0.2) is 9.80 Å². The van der Waals surface area contributed by atoms with Crippen molar-refractivity contribution in [1.29, 1.82) is 0 Å². The summed E-state index contributed by atoms with van der Waals surface area (Å²) in [5.74, 6) is 0. The van der Waals surface area contributed by atoms with Crippen LogP contribution in [0.5, 0.6) is 0 Å². The monoisotopic (exact) mass is 310 g/mol. The first-order valence-corrected chi connectivity index (χ1v) is 7.66. The molecule has 0 aliphatic carbocycles. The first-order chi connectivity index (χ1) is 6.87. The molecule has 0 aromatic heterocycles. The van der Waals surface area contributed by atoms with Gasteiger partial charge in [0.2, 0.25) is 0 Å². The smallest absolute Gasteiger partial charge is 0.321 e. The Bertz CT molecular complexity index is 374. The zero-order chi connectivity index (χ0) is 12.9. The van der Waals surface area contributed by atoms with Crippen molar-refractivity contribution in [2.75, 3.05) is 0 Å². The second-order valence-corrected chi connectivity index (χ2v) is 8.87. The second-order valence-electron chi connectivity index (χ2n) is 6.32. The number of allylic oxidation sites excluding steroid dienone is 1. The van der Waals surface area contributed by atoms with Crippen molar-refractivity contribution in [1.82, 2.24) is 0 Å². The molecule has 2 unspecified atom stereocenters. The fourth-order valence-corrected chi connectivity index (χ4v) is 6.06. The van der Waals surface area contributed by atoms with Crippen LogP contribution in [0.3, 0.4) is 0 Å². The summed E-state index contributed by atoms with van der Waals surface area (Å²) in [6.07, 6.45) is -0.349. The molecule has 5 heteroatoms. The van der Waals surface area contributed by atoms with Gasteiger partial charge in [-0.2, -0.15) is 0 Å². The van der Waals surface area contributed by atoms with Gasteiger partial charge < -0.3 is 4.89 Å². The summed E-state index contributed by atoms with van der Waals surface area (Å²) < 4.78 is 18.2. The van der Waals surface area contributed by atoms with Gasteiger partial charge in [0.25, 0.3) is 0 Å². The molecule has 3 nitrogen and oxygen atoms in total. The molecule has 0 aromatic rings. The van der Waals surface area contributed by atoms with E-state index in [1.807, 2.05) is 41.5 Å². The van der Waals surface area contributed by atoms with Gasteiger partial charge in [0.15, 0.2) is 0 Å². The quantitative estimate of drug-likeness (QED) is 0.680. The summed E-state index contributed by atoms with van der Waals surface area (Å²) in [6, 6.07) is 0. The Morgan fingerprint density at radius 3 is 1.88 bits per heavy atom. The number of hydrogen-bond acceptors (Lipinski definition) is 2. The van der Waals surface area contributed by atoms with E-state index < -0.39 is 7.60 Å². The number of halogens is 1. The van der Waals surface area contributed by atoms with Crippen molar-refractivity contribution in [2.45, 2.75) is 47.6 Å². The molecule has 1 heterocycles. The lowest BCUT2D eigenvalue weighted by atomic mass is 9.86. The fourth-order valence-electron chi connectivity index (χ4n) is 1.82. The van der Waals surface area contributed by atoms with E-state index in [2.05, 4.69) is 15.9 Å². The van der Waals surface area contributed by atoms with Crippen LogP contribution < -0.4 is 0 Å². The van der Waals surface area contributed by atoms with Gasteiger partial charge in [-0.15, -0.1) is 0 Å². The molecule has 0 aromatic carbocycles. The largest absolute Gasteiger partial charge is 0.356 e. The lowest BCUT2D eigenvalue weighted by Crippen LogP contribution is -2.26. The maximum absolute atomic E-state index is 12.1. The Morgan fingerprint density at radius 2 is 1.69 bits per heavy atom.